The third-order valence-corrected chi connectivity index (χ3v) is 7.68. The van der Waals surface area contributed by atoms with Gasteiger partial charge in [0.1, 0.15) is 28.2 Å². The zero-order valence-corrected chi connectivity index (χ0v) is 20.4. The van der Waals surface area contributed by atoms with E-state index in [1.54, 1.807) is 0 Å². The fourth-order valence-electron chi connectivity index (χ4n) is 3.43. The molecule has 0 bridgehead atoms. The quantitative estimate of drug-likeness (QED) is 0.290. The van der Waals surface area contributed by atoms with Crippen molar-refractivity contribution in [2.24, 2.45) is 5.92 Å². The Kier molecular flexibility index (Phi) is 6.39. The molecule has 0 atom stereocenters. The fraction of sp³-hybridized carbons (Fsp3) is 0.174. The van der Waals surface area contributed by atoms with Crippen LogP contribution in [-0.2, 0) is 9.84 Å². The van der Waals surface area contributed by atoms with Crippen molar-refractivity contribution < 1.29 is 26.3 Å². The lowest BCUT2D eigenvalue weighted by Gasteiger charge is -2.11. The molecule has 7 nitrogen and oxygen atoms in total. The summed E-state index contributed by atoms with van der Waals surface area (Å²) in [6.07, 6.45) is 2.87. The number of halogens is 5. The van der Waals surface area contributed by atoms with Gasteiger partial charge in [-0.25, -0.2) is 31.7 Å². The molecule has 0 spiro atoms. The van der Waals surface area contributed by atoms with Gasteiger partial charge in [0, 0.05) is 17.3 Å². The van der Waals surface area contributed by atoms with E-state index in [2.05, 4.69) is 20.2 Å². The monoisotopic (exact) mass is 554 g/mol. The molecule has 1 aliphatic rings. The van der Waals surface area contributed by atoms with Crippen molar-refractivity contribution in [3.63, 3.8) is 0 Å². The van der Waals surface area contributed by atoms with Crippen molar-refractivity contribution in [2.45, 2.75) is 18.0 Å². The molecule has 0 saturated heterocycles. The van der Waals surface area contributed by atoms with Crippen molar-refractivity contribution in [1.82, 2.24) is 20.2 Å². The van der Waals surface area contributed by atoms with Crippen LogP contribution < -0.4 is 4.74 Å². The summed E-state index contributed by atoms with van der Waals surface area (Å²) in [5.41, 5.74) is -0.331. The molecule has 2 aromatic heterocycles. The smallest absolute Gasteiger partial charge is 0.243 e. The van der Waals surface area contributed by atoms with Crippen LogP contribution in [0.25, 0.3) is 22.5 Å². The lowest BCUT2D eigenvalue weighted by atomic mass is 10.0. The van der Waals surface area contributed by atoms with Crippen LogP contribution in [0.5, 0.6) is 11.6 Å². The second-order valence-electron chi connectivity index (χ2n) is 8.19. The minimum Gasteiger partial charge on any atom is -0.436 e. The summed E-state index contributed by atoms with van der Waals surface area (Å²) in [7, 11) is -3.70. The second-order valence-corrected chi connectivity index (χ2v) is 11.0. The Morgan fingerprint density at radius 1 is 1.00 bits per heavy atom. The lowest BCUT2D eigenvalue weighted by Crippen LogP contribution is -2.10. The van der Waals surface area contributed by atoms with E-state index < -0.39 is 27.3 Å². The molecule has 2 heterocycles. The number of aromatic amines is 1. The number of ether oxygens (including phenoxy) is 1. The predicted octanol–water partition coefficient (Wildman–Crippen LogP) is 6.23. The van der Waals surface area contributed by atoms with Crippen molar-refractivity contribution in [1.29, 1.82) is 0 Å². The van der Waals surface area contributed by atoms with Crippen LogP contribution in [0, 0.1) is 23.4 Å². The number of sulfone groups is 1. The Morgan fingerprint density at radius 3 is 2.42 bits per heavy atom. The van der Waals surface area contributed by atoms with Gasteiger partial charge in [0.05, 0.1) is 16.3 Å². The average Bonchev–Trinajstić information content (AvgIpc) is 3.47. The number of rotatable bonds is 7. The summed E-state index contributed by atoms with van der Waals surface area (Å²) >= 11 is 12.2. The Labute approximate surface area is 213 Å². The third-order valence-electron chi connectivity index (χ3n) is 5.43. The van der Waals surface area contributed by atoms with Gasteiger partial charge >= 0.3 is 0 Å². The Balaban J connectivity index is 1.41. The molecule has 0 aliphatic heterocycles. The standard InChI is InChI=1S/C23H15Cl2F3N4O3S/c24-16-6-13(26)3-4-20(16)35-22-17(25)5-12(9-29-22)14-7-19(28)15(8-18(14)27)21-30-23(32-31-21)36(33,34)10-11-1-2-11/h3-9,11H,1-2,10H2,(H,30,31,32). The zero-order valence-electron chi connectivity index (χ0n) is 18.1. The minimum atomic E-state index is -3.70. The maximum atomic E-state index is 15.0. The van der Waals surface area contributed by atoms with Crippen molar-refractivity contribution in [2.75, 3.05) is 5.75 Å². The summed E-state index contributed by atoms with van der Waals surface area (Å²) in [6.45, 7) is 0. The van der Waals surface area contributed by atoms with E-state index in [9.17, 15) is 21.6 Å². The average molecular weight is 555 g/mol. The van der Waals surface area contributed by atoms with Crippen LogP contribution in [0.2, 0.25) is 10.0 Å². The first-order chi connectivity index (χ1) is 17.1. The molecule has 4 aromatic rings. The fourth-order valence-corrected chi connectivity index (χ4v) is 5.36. The SMILES string of the molecule is O=S(=O)(CC1CC1)c1nc(-c2cc(F)c(-c3cnc(Oc4ccc(F)cc4Cl)c(Cl)c3)cc2F)n[nH]1. The number of nitrogens with zero attached hydrogens (tertiary/aromatic N) is 3. The van der Waals surface area contributed by atoms with E-state index in [0.717, 1.165) is 37.1 Å². The van der Waals surface area contributed by atoms with Gasteiger partial charge in [-0.2, -0.15) is 10.1 Å². The molecular formula is C23H15Cl2F3N4O3S. The highest BCUT2D eigenvalue weighted by Crippen LogP contribution is 2.36. The summed E-state index contributed by atoms with van der Waals surface area (Å²) in [5, 5.41) is 5.64. The Hall–Kier alpha value is -3.15. The van der Waals surface area contributed by atoms with Gasteiger partial charge in [-0.3, -0.25) is 0 Å². The highest BCUT2D eigenvalue weighted by molar-refractivity contribution is 7.91. The van der Waals surface area contributed by atoms with Crippen molar-refractivity contribution >= 4 is 33.0 Å². The molecule has 13 heteroatoms. The number of benzene rings is 2. The van der Waals surface area contributed by atoms with Crippen molar-refractivity contribution in [3.05, 3.63) is 70.1 Å². The van der Waals surface area contributed by atoms with Gasteiger partial charge in [-0.05, 0) is 55.2 Å². The van der Waals surface area contributed by atoms with Crippen LogP contribution >= 0.6 is 23.2 Å². The van der Waals surface area contributed by atoms with E-state index >= 15 is 0 Å². The number of aromatic nitrogens is 4. The number of H-pyrrole nitrogens is 1. The van der Waals surface area contributed by atoms with Crippen LogP contribution in [0.3, 0.4) is 0 Å². The minimum absolute atomic E-state index is 0.00359. The van der Waals surface area contributed by atoms with E-state index in [0.29, 0.717) is 0 Å². The number of hydrogen-bond donors (Lipinski definition) is 1. The van der Waals surface area contributed by atoms with Gasteiger partial charge in [0.15, 0.2) is 5.82 Å². The summed E-state index contributed by atoms with van der Waals surface area (Å²) in [6, 6.07) is 6.57. The molecule has 186 valence electrons. The summed E-state index contributed by atoms with van der Waals surface area (Å²) in [5.74, 6) is -2.52. The normalized spacial score (nSPS) is 13.7. The second kappa shape index (κ2) is 9.38. The molecule has 36 heavy (non-hydrogen) atoms. The number of pyridine rings is 1. The molecule has 0 amide bonds. The first-order valence-corrected chi connectivity index (χ1v) is 12.9. The van der Waals surface area contributed by atoms with Gasteiger partial charge in [-0.1, -0.05) is 23.2 Å². The predicted molar refractivity (Wildman–Crippen MR) is 126 cm³/mol. The maximum absolute atomic E-state index is 15.0. The van der Waals surface area contributed by atoms with E-state index in [-0.39, 0.29) is 61.0 Å². The molecular weight excluding hydrogens is 540 g/mol. The van der Waals surface area contributed by atoms with E-state index in [1.165, 1.54) is 18.3 Å². The van der Waals surface area contributed by atoms with Gasteiger partial charge in [-0.15, -0.1) is 0 Å². The molecule has 1 aliphatic carbocycles. The molecule has 1 fully saturated rings. The van der Waals surface area contributed by atoms with Gasteiger partial charge < -0.3 is 4.74 Å². The zero-order chi connectivity index (χ0) is 25.6. The van der Waals surface area contributed by atoms with Crippen LogP contribution in [-0.4, -0.2) is 34.3 Å². The highest BCUT2D eigenvalue weighted by atomic mass is 35.5. The largest absolute Gasteiger partial charge is 0.436 e. The van der Waals surface area contributed by atoms with E-state index in [1.807, 2.05) is 0 Å². The first-order valence-electron chi connectivity index (χ1n) is 10.5. The lowest BCUT2D eigenvalue weighted by molar-refractivity contribution is 0.462. The molecule has 1 N–H and O–H groups in total. The first kappa shape index (κ1) is 24.5. The third kappa shape index (κ3) is 5.04. The van der Waals surface area contributed by atoms with Crippen LogP contribution in [0.4, 0.5) is 13.2 Å². The summed E-state index contributed by atoms with van der Waals surface area (Å²) in [4.78, 5) is 7.90. The number of hydrogen-bond acceptors (Lipinski definition) is 6. The van der Waals surface area contributed by atoms with E-state index in [4.69, 9.17) is 27.9 Å². The van der Waals surface area contributed by atoms with Crippen LogP contribution in [0.1, 0.15) is 12.8 Å². The molecule has 2 aromatic carbocycles. The molecule has 0 unspecified atom stereocenters. The Morgan fingerprint density at radius 2 is 1.72 bits per heavy atom. The summed E-state index contributed by atoms with van der Waals surface area (Å²) < 4.78 is 73.4. The molecule has 0 radical (unpaired) electrons. The van der Waals surface area contributed by atoms with Gasteiger partial charge in [0.25, 0.3) is 0 Å². The number of nitrogens with one attached hydrogen (secondary N) is 1. The van der Waals surface area contributed by atoms with Gasteiger partial charge in [0.2, 0.25) is 20.9 Å². The maximum Gasteiger partial charge on any atom is 0.243 e. The highest BCUT2D eigenvalue weighted by Gasteiger charge is 2.31. The molecule has 5 rings (SSSR count). The molecule has 1 saturated carbocycles. The Bertz CT molecular complexity index is 1590. The topological polar surface area (TPSA) is 97.8 Å². The van der Waals surface area contributed by atoms with Crippen LogP contribution in [0.15, 0.2) is 47.8 Å². The van der Waals surface area contributed by atoms with Crippen molar-refractivity contribution in [3.8, 4) is 34.1 Å².